The fourth-order valence-corrected chi connectivity index (χ4v) is 2.13. The Bertz CT molecular complexity index is 383. The summed E-state index contributed by atoms with van der Waals surface area (Å²) < 4.78 is 0. The number of rotatable bonds is 4. The number of hydrogen-bond acceptors (Lipinski definition) is 6. The predicted molar refractivity (Wildman–Crippen MR) is 74.0 cm³/mol. The first kappa shape index (κ1) is 13.0. The summed E-state index contributed by atoms with van der Waals surface area (Å²) in [6.45, 7) is 4.26. The summed E-state index contributed by atoms with van der Waals surface area (Å²) in [5, 5.41) is 6.39. The van der Waals surface area contributed by atoms with Crippen LogP contribution in [0.25, 0.3) is 0 Å². The maximum atomic E-state index is 4.22. The molecule has 1 aliphatic heterocycles. The van der Waals surface area contributed by atoms with Gasteiger partial charge in [-0.1, -0.05) is 0 Å². The van der Waals surface area contributed by atoms with Gasteiger partial charge in [0.2, 0.25) is 0 Å². The van der Waals surface area contributed by atoms with E-state index in [-0.39, 0.29) is 0 Å². The molecule has 0 aromatic carbocycles. The molecule has 1 unspecified atom stereocenters. The Kier molecular flexibility index (Phi) is 4.33. The molecule has 1 aliphatic rings. The van der Waals surface area contributed by atoms with E-state index in [0.717, 1.165) is 37.8 Å². The van der Waals surface area contributed by atoms with Crippen LogP contribution in [0.4, 0.5) is 11.6 Å². The topological polar surface area (TPSA) is 56.3 Å². The second-order valence-electron chi connectivity index (χ2n) is 4.82. The van der Waals surface area contributed by atoms with E-state index in [1.54, 1.807) is 6.33 Å². The van der Waals surface area contributed by atoms with Gasteiger partial charge in [0.05, 0.1) is 0 Å². The van der Waals surface area contributed by atoms with Crippen LogP contribution in [0, 0.1) is 0 Å². The Balaban J connectivity index is 1.89. The van der Waals surface area contributed by atoms with Crippen LogP contribution in [0.2, 0.25) is 0 Å². The number of likely N-dealkylation sites (N-methyl/N-ethyl adjacent to an activating group) is 2. The average Bonchev–Trinajstić information content (AvgIpc) is 2.40. The van der Waals surface area contributed by atoms with Crippen molar-refractivity contribution >= 4 is 11.6 Å². The molecule has 100 valence electrons. The van der Waals surface area contributed by atoms with Gasteiger partial charge >= 0.3 is 0 Å². The third kappa shape index (κ3) is 3.30. The molecule has 1 saturated heterocycles. The largest absolute Gasteiger partial charge is 0.373 e. The minimum absolute atomic E-state index is 0.525. The molecule has 2 N–H and O–H groups in total. The Morgan fingerprint density at radius 2 is 2.06 bits per heavy atom. The van der Waals surface area contributed by atoms with Crippen molar-refractivity contribution in [3.8, 4) is 0 Å². The van der Waals surface area contributed by atoms with Gasteiger partial charge in [0.15, 0.2) is 0 Å². The molecule has 1 aromatic rings. The molecule has 0 radical (unpaired) electrons. The van der Waals surface area contributed by atoms with Crippen molar-refractivity contribution in [2.45, 2.75) is 6.04 Å². The molecule has 1 aromatic heterocycles. The maximum absolute atomic E-state index is 4.22. The van der Waals surface area contributed by atoms with E-state index in [9.17, 15) is 0 Å². The lowest BCUT2D eigenvalue weighted by Gasteiger charge is -2.37. The summed E-state index contributed by atoms with van der Waals surface area (Å²) in [6, 6.07) is 2.45. The fourth-order valence-electron chi connectivity index (χ4n) is 2.13. The standard InChI is InChI=1S/C12H22N6/c1-13-11-6-12(16-9-15-11)14-7-10-8-17(2)4-5-18(10)3/h6,9-10H,4-5,7-8H2,1-3H3,(H2,13,14,15,16). The highest BCUT2D eigenvalue weighted by molar-refractivity contribution is 5.45. The van der Waals surface area contributed by atoms with Gasteiger partial charge in [-0.05, 0) is 14.1 Å². The molecule has 0 aliphatic carbocycles. The van der Waals surface area contributed by atoms with E-state index >= 15 is 0 Å². The van der Waals surface area contributed by atoms with Gasteiger partial charge < -0.3 is 15.5 Å². The molecule has 0 amide bonds. The number of piperazine rings is 1. The third-order valence-electron chi connectivity index (χ3n) is 3.42. The molecule has 0 spiro atoms. The third-order valence-corrected chi connectivity index (χ3v) is 3.42. The Morgan fingerprint density at radius 3 is 2.83 bits per heavy atom. The van der Waals surface area contributed by atoms with Gasteiger partial charge in [0, 0.05) is 45.3 Å². The molecule has 18 heavy (non-hydrogen) atoms. The van der Waals surface area contributed by atoms with Crippen molar-refractivity contribution in [2.24, 2.45) is 0 Å². The van der Waals surface area contributed by atoms with Crippen LogP contribution in [0.3, 0.4) is 0 Å². The lowest BCUT2D eigenvalue weighted by atomic mass is 10.2. The Morgan fingerprint density at radius 1 is 1.28 bits per heavy atom. The normalized spacial score (nSPS) is 21.8. The van der Waals surface area contributed by atoms with Crippen LogP contribution in [0.5, 0.6) is 0 Å². The van der Waals surface area contributed by atoms with E-state index in [1.807, 2.05) is 13.1 Å². The second kappa shape index (κ2) is 5.97. The van der Waals surface area contributed by atoms with Gasteiger partial charge in [-0.2, -0.15) is 0 Å². The number of nitrogens with one attached hydrogen (secondary N) is 2. The maximum Gasteiger partial charge on any atom is 0.131 e. The first-order valence-electron chi connectivity index (χ1n) is 6.31. The van der Waals surface area contributed by atoms with Gasteiger partial charge in [-0.15, -0.1) is 0 Å². The first-order chi connectivity index (χ1) is 8.69. The van der Waals surface area contributed by atoms with E-state index < -0.39 is 0 Å². The number of anilines is 2. The zero-order valence-electron chi connectivity index (χ0n) is 11.3. The summed E-state index contributed by atoms with van der Waals surface area (Å²) >= 11 is 0. The molecule has 2 rings (SSSR count). The molecular formula is C12H22N6. The predicted octanol–water partition coefficient (Wildman–Crippen LogP) is 0.176. The second-order valence-corrected chi connectivity index (χ2v) is 4.82. The lowest BCUT2D eigenvalue weighted by Crippen LogP contribution is -2.52. The minimum atomic E-state index is 0.525. The van der Waals surface area contributed by atoms with E-state index in [0.29, 0.717) is 6.04 Å². The van der Waals surface area contributed by atoms with E-state index in [4.69, 9.17) is 0 Å². The highest BCUT2D eigenvalue weighted by Crippen LogP contribution is 2.10. The van der Waals surface area contributed by atoms with Gasteiger partial charge in [0.1, 0.15) is 18.0 Å². The zero-order valence-corrected chi connectivity index (χ0v) is 11.3. The van der Waals surface area contributed by atoms with Crippen molar-refractivity contribution in [1.29, 1.82) is 0 Å². The lowest BCUT2D eigenvalue weighted by molar-refractivity contribution is 0.122. The summed E-state index contributed by atoms with van der Waals surface area (Å²) in [6.07, 6.45) is 1.57. The van der Waals surface area contributed by atoms with Crippen molar-refractivity contribution in [1.82, 2.24) is 19.8 Å². The molecular weight excluding hydrogens is 228 g/mol. The highest BCUT2D eigenvalue weighted by atomic mass is 15.3. The molecule has 0 bridgehead atoms. The molecule has 2 heterocycles. The van der Waals surface area contributed by atoms with Crippen LogP contribution in [-0.2, 0) is 0 Å². The van der Waals surface area contributed by atoms with Gasteiger partial charge in [0.25, 0.3) is 0 Å². The summed E-state index contributed by atoms with van der Waals surface area (Å²) in [5.41, 5.74) is 0. The fraction of sp³-hybridized carbons (Fsp3) is 0.667. The summed E-state index contributed by atoms with van der Waals surface area (Å²) in [5.74, 6) is 1.71. The van der Waals surface area contributed by atoms with Gasteiger partial charge in [-0.25, -0.2) is 9.97 Å². The molecule has 1 fully saturated rings. The summed E-state index contributed by atoms with van der Waals surface area (Å²) in [4.78, 5) is 13.1. The smallest absolute Gasteiger partial charge is 0.131 e. The van der Waals surface area contributed by atoms with Crippen molar-refractivity contribution in [2.75, 3.05) is 58.0 Å². The van der Waals surface area contributed by atoms with E-state index in [1.165, 1.54) is 0 Å². The van der Waals surface area contributed by atoms with Crippen molar-refractivity contribution < 1.29 is 0 Å². The molecule has 0 saturated carbocycles. The van der Waals surface area contributed by atoms with E-state index in [2.05, 4.69) is 44.5 Å². The van der Waals surface area contributed by atoms with Crippen molar-refractivity contribution in [3.05, 3.63) is 12.4 Å². The van der Waals surface area contributed by atoms with Crippen molar-refractivity contribution in [3.63, 3.8) is 0 Å². The number of aromatic nitrogens is 2. The van der Waals surface area contributed by atoms with Crippen LogP contribution in [0.1, 0.15) is 0 Å². The van der Waals surface area contributed by atoms with Crippen LogP contribution < -0.4 is 10.6 Å². The van der Waals surface area contributed by atoms with Crippen LogP contribution in [0.15, 0.2) is 12.4 Å². The SMILES string of the molecule is CNc1cc(NCC2CN(C)CCN2C)ncn1. The quantitative estimate of drug-likeness (QED) is 0.795. The highest BCUT2D eigenvalue weighted by Gasteiger charge is 2.21. The van der Waals surface area contributed by atoms with Crippen LogP contribution >= 0.6 is 0 Å². The Hall–Kier alpha value is -1.40. The van der Waals surface area contributed by atoms with Gasteiger partial charge in [-0.3, -0.25) is 4.90 Å². The molecule has 1 atom stereocenters. The monoisotopic (exact) mass is 250 g/mol. The zero-order chi connectivity index (χ0) is 13.0. The average molecular weight is 250 g/mol. The Labute approximate surface area is 108 Å². The number of hydrogen-bond donors (Lipinski definition) is 2. The number of nitrogens with zero attached hydrogens (tertiary/aromatic N) is 4. The molecule has 6 heteroatoms. The first-order valence-corrected chi connectivity index (χ1v) is 6.31. The van der Waals surface area contributed by atoms with Crippen LogP contribution in [-0.4, -0.2) is 73.1 Å². The molecule has 6 nitrogen and oxygen atoms in total. The minimum Gasteiger partial charge on any atom is -0.373 e. The summed E-state index contributed by atoms with van der Waals surface area (Å²) in [7, 11) is 6.21.